The van der Waals surface area contributed by atoms with E-state index in [0.29, 0.717) is 5.92 Å². The number of rotatable bonds is 1. The lowest BCUT2D eigenvalue weighted by molar-refractivity contribution is -0.0431. The monoisotopic (exact) mass is 333 g/mol. The number of fused-ring (bicyclic) bond motifs is 1. The van der Waals surface area contributed by atoms with E-state index in [1.807, 2.05) is 40.7 Å². The van der Waals surface area contributed by atoms with Crippen molar-refractivity contribution >= 4 is 6.09 Å². The zero-order chi connectivity index (χ0) is 17.5. The van der Waals surface area contributed by atoms with E-state index in [2.05, 4.69) is 12.1 Å². The van der Waals surface area contributed by atoms with E-state index < -0.39 is 11.4 Å². The van der Waals surface area contributed by atoms with Gasteiger partial charge in [0, 0.05) is 26.9 Å². The molecule has 0 atom stereocenters. The number of carbonyl (C=O) groups excluding carboxylic acids is 1. The SMILES string of the molecule is CC(C)(C)OC(=O)N1CCC(c2ccc3c(c2)OC(C)(C)O3)CC1. The third-order valence-corrected chi connectivity index (χ3v) is 4.30. The molecule has 5 heteroatoms. The molecule has 2 aliphatic heterocycles. The van der Waals surface area contributed by atoms with Gasteiger partial charge in [-0.05, 0) is 57.2 Å². The zero-order valence-electron chi connectivity index (χ0n) is 15.2. The molecule has 132 valence electrons. The molecular formula is C19H27NO4. The van der Waals surface area contributed by atoms with E-state index in [1.165, 1.54) is 5.56 Å². The van der Waals surface area contributed by atoms with Crippen LogP contribution in [-0.4, -0.2) is 35.5 Å². The molecule has 0 saturated carbocycles. The van der Waals surface area contributed by atoms with Crippen LogP contribution in [0.2, 0.25) is 0 Å². The summed E-state index contributed by atoms with van der Waals surface area (Å²) in [5, 5.41) is 0. The second kappa shape index (κ2) is 5.87. The molecule has 5 nitrogen and oxygen atoms in total. The van der Waals surface area contributed by atoms with Crippen molar-refractivity contribution in [3.05, 3.63) is 23.8 Å². The van der Waals surface area contributed by atoms with Crippen LogP contribution in [0, 0.1) is 0 Å². The highest BCUT2D eigenvalue weighted by Gasteiger charge is 2.33. The van der Waals surface area contributed by atoms with Gasteiger partial charge in [-0.1, -0.05) is 6.07 Å². The Balaban J connectivity index is 1.61. The molecule has 0 N–H and O–H groups in total. The molecule has 0 unspecified atom stereocenters. The smallest absolute Gasteiger partial charge is 0.410 e. The molecule has 0 aromatic heterocycles. The molecule has 24 heavy (non-hydrogen) atoms. The number of amides is 1. The summed E-state index contributed by atoms with van der Waals surface area (Å²) >= 11 is 0. The minimum absolute atomic E-state index is 0.214. The Morgan fingerprint density at radius 2 is 1.79 bits per heavy atom. The number of hydrogen-bond acceptors (Lipinski definition) is 4. The van der Waals surface area contributed by atoms with Crippen LogP contribution in [0.5, 0.6) is 11.5 Å². The van der Waals surface area contributed by atoms with Gasteiger partial charge in [0.25, 0.3) is 0 Å². The summed E-state index contributed by atoms with van der Waals surface area (Å²) in [5.41, 5.74) is 0.803. The summed E-state index contributed by atoms with van der Waals surface area (Å²) in [6, 6.07) is 6.18. The Morgan fingerprint density at radius 3 is 2.42 bits per heavy atom. The summed E-state index contributed by atoms with van der Waals surface area (Å²) in [7, 11) is 0. The summed E-state index contributed by atoms with van der Waals surface area (Å²) in [5.74, 6) is 1.45. The van der Waals surface area contributed by atoms with Crippen molar-refractivity contribution in [2.75, 3.05) is 13.1 Å². The maximum atomic E-state index is 12.1. The van der Waals surface area contributed by atoms with E-state index in [1.54, 1.807) is 4.90 Å². The Hall–Kier alpha value is -1.91. The lowest BCUT2D eigenvalue weighted by Crippen LogP contribution is -2.41. The number of hydrogen-bond donors (Lipinski definition) is 0. The van der Waals surface area contributed by atoms with Crippen LogP contribution in [0.15, 0.2) is 18.2 Å². The molecule has 2 aliphatic rings. The molecule has 1 amide bonds. The maximum Gasteiger partial charge on any atom is 0.410 e. The Kier molecular flexibility index (Phi) is 4.14. The Labute approximate surface area is 143 Å². The average molecular weight is 333 g/mol. The van der Waals surface area contributed by atoms with Gasteiger partial charge in [0.2, 0.25) is 5.79 Å². The number of benzene rings is 1. The molecule has 1 aromatic rings. The van der Waals surface area contributed by atoms with Crippen molar-refractivity contribution < 1.29 is 19.0 Å². The van der Waals surface area contributed by atoms with Gasteiger partial charge in [-0.2, -0.15) is 0 Å². The predicted octanol–water partition coefficient (Wildman–Crippen LogP) is 4.31. The van der Waals surface area contributed by atoms with Crippen LogP contribution >= 0.6 is 0 Å². The molecule has 1 aromatic carbocycles. The van der Waals surface area contributed by atoms with Gasteiger partial charge in [-0.25, -0.2) is 4.79 Å². The quantitative estimate of drug-likeness (QED) is 0.768. The predicted molar refractivity (Wildman–Crippen MR) is 91.6 cm³/mol. The first-order chi connectivity index (χ1) is 11.1. The molecule has 0 aliphatic carbocycles. The number of nitrogens with zero attached hydrogens (tertiary/aromatic N) is 1. The van der Waals surface area contributed by atoms with Crippen molar-refractivity contribution in [3.63, 3.8) is 0 Å². The third-order valence-electron chi connectivity index (χ3n) is 4.30. The van der Waals surface area contributed by atoms with Crippen molar-refractivity contribution in [2.45, 2.75) is 64.8 Å². The molecular weight excluding hydrogens is 306 g/mol. The highest BCUT2D eigenvalue weighted by atomic mass is 16.7. The van der Waals surface area contributed by atoms with Gasteiger partial charge in [0.1, 0.15) is 5.60 Å². The molecule has 0 spiro atoms. The summed E-state index contributed by atoms with van der Waals surface area (Å²) < 4.78 is 17.0. The highest BCUT2D eigenvalue weighted by Crippen LogP contribution is 2.42. The number of likely N-dealkylation sites (tertiary alicyclic amines) is 1. The Morgan fingerprint density at radius 1 is 1.17 bits per heavy atom. The van der Waals surface area contributed by atoms with Crippen molar-refractivity contribution in [1.29, 1.82) is 0 Å². The molecule has 0 radical (unpaired) electrons. The van der Waals surface area contributed by atoms with Gasteiger partial charge >= 0.3 is 6.09 Å². The van der Waals surface area contributed by atoms with Gasteiger partial charge < -0.3 is 19.1 Å². The largest absolute Gasteiger partial charge is 0.449 e. The number of piperidine rings is 1. The van der Waals surface area contributed by atoms with Gasteiger partial charge in [-0.15, -0.1) is 0 Å². The van der Waals surface area contributed by atoms with Crippen molar-refractivity contribution in [3.8, 4) is 11.5 Å². The fourth-order valence-electron chi connectivity index (χ4n) is 3.21. The van der Waals surface area contributed by atoms with Crippen LogP contribution in [0.4, 0.5) is 4.79 Å². The second-order valence-corrected chi connectivity index (χ2v) is 8.05. The van der Waals surface area contributed by atoms with Crippen molar-refractivity contribution in [2.24, 2.45) is 0 Å². The first-order valence-electron chi connectivity index (χ1n) is 8.63. The molecule has 0 bridgehead atoms. The Bertz CT molecular complexity index is 625. The molecule has 3 rings (SSSR count). The minimum atomic E-state index is -0.596. The molecule has 1 fully saturated rings. The highest BCUT2D eigenvalue weighted by molar-refractivity contribution is 5.68. The van der Waals surface area contributed by atoms with E-state index >= 15 is 0 Å². The van der Waals surface area contributed by atoms with Gasteiger partial charge in [0.15, 0.2) is 11.5 Å². The fourth-order valence-corrected chi connectivity index (χ4v) is 3.21. The molecule has 2 heterocycles. The van der Waals surface area contributed by atoms with E-state index in [9.17, 15) is 4.79 Å². The second-order valence-electron chi connectivity index (χ2n) is 8.05. The van der Waals surface area contributed by atoms with Gasteiger partial charge in [0.05, 0.1) is 0 Å². The summed E-state index contributed by atoms with van der Waals surface area (Å²) in [4.78, 5) is 14.0. The lowest BCUT2D eigenvalue weighted by atomic mass is 9.89. The van der Waals surface area contributed by atoms with Crippen LogP contribution < -0.4 is 9.47 Å². The van der Waals surface area contributed by atoms with Gasteiger partial charge in [-0.3, -0.25) is 0 Å². The zero-order valence-corrected chi connectivity index (χ0v) is 15.2. The normalized spacial score (nSPS) is 20.1. The van der Waals surface area contributed by atoms with Crippen LogP contribution in [0.1, 0.15) is 58.9 Å². The third kappa shape index (κ3) is 3.77. The fraction of sp³-hybridized carbons (Fsp3) is 0.632. The van der Waals surface area contributed by atoms with Crippen LogP contribution in [0.3, 0.4) is 0 Å². The topological polar surface area (TPSA) is 48.0 Å². The minimum Gasteiger partial charge on any atom is -0.449 e. The van der Waals surface area contributed by atoms with Crippen LogP contribution in [0.25, 0.3) is 0 Å². The summed E-state index contributed by atoms with van der Waals surface area (Å²) in [6.45, 7) is 10.9. The standard InChI is InChI=1S/C19H27NO4/c1-18(2,3)24-17(21)20-10-8-13(9-11-20)14-6-7-15-16(12-14)23-19(4,5)22-15/h6-7,12-13H,8-11H2,1-5H3. The van der Waals surface area contributed by atoms with E-state index in [-0.39, 0.29) is 6.09 Å². The van der Waals surface area contributed by atoms with Crippen LogP contribution in [-0.2, 0) is 4.74 Å². The average Bonchev–Trinajstić information content (AvgIpc) is 2.78. The summed E-state index contributed by atoms with van der Waals surface area (Å²) in [6.07, 6.45) is 1.65. The number of carbonyl (C=O) groups is 1. The maximum absolute atomic E-state index is 12.1. The molecule has 1 saturated heterocycles. The van der Waals surface area contributed by atoms with E-state index in [0.717, 1.165) is 37.4 Å². The lowest BCUT2D eigenvalue weighted by Gasteiger charge is -2.33. The first kappa shape index (κ1) is 16.9. The van der Waals surface area contributed by atoms with Crippen molar-refractivity contribution in [1.82, 2.24) is 4.90 Å². The number of ether oxygens (including phenoxy) is 3. The van der Waals surface area contributed by atoms with E-state index in [4.69, 9.17) is 14.2 Å². The first-order valence-corrected chi connectivity index (χ1v) is 8.63.